The fourth-order valence-electron chi connectivity index (χ4n) is 5.32. The van der Waals surface area contributed by atoms with Gasteiger partial charge in [0.1, 0.15) is 0 Å². The van der Waals surface area contributed by atoms with Gasteiger partial charge in [-0.05, 0) is 80.5 Å². The average Bonchev–Trinajstić information content (AvgIpc) is 2.86. The molecule has 2 aromatic carbocycles. The van der Waals surface area contributed by atoms with Crippen LogP contribution in [0.25, 0.3) is 0 Å². The van der Waals surface area contributed by atoms with Gasteiger partial charge in [0.25, 0.3) is 0 Å². The zero-order valence-electron chi connectivity index (χ0n) is 19.3. The fraction of sp³-hybridized carbons (Fsp3) is 0.519. The third-order valence-corrected chi connectivity index (χ3v) is 7.21. The topological polar surface area (TPSA) is 35.5 Å². The van der Waals surface area contributed by atoms with Crippen LogP contribution < -0.4 is 9.47 Å². The molecular formula is C27H30F4O3. The number of benzene rings is 2. The lowest BCUT2D eigenvalue weighted by molar-refractivity contribution is -0.140. The first-order valence-corrected chi connectivity index (χ1v) is 12.2. The van der Waals surface area contributed by atoms with Gasteiger partial charge >= 0.3 is 5.97 Å². The minimum Gasteiger partial charge on any atom is -0.491 e. The normalized spacial score (nSPS) is 21.3. The first kappa shape index (κ1) is 24.6. The van der Waals surface area contributed by atoms with Crippen LogP contribution in [0.15, 0.2) is 24.3 Å². The zero-order valence-corrected chi connectivity index (χ0v) is 19.3. The lowest BCUT2D eigenvalue weighted by atomic mass is 9.78. The van der Waals surface area contributed by atoms with Crippen molar-refractivity contribution >= 4 is 5.97 Å². The Morgan fingerprint density at radius 2 is 1.26 bits per heavy atom. The molecule has 7 heteroatoms. The summed E-state index contributed by atoms with van der Waals surface area (Å²) >= 11 is 0. The summed E-state index contributed by atoms with van der Waals surface area (Å²) < 4.78 is 68.4. The van der Waals surface area contributed by atoms with Gasteiger partial charge in [-0.25, -0.2) is 8.78 Å². The van der Waals surface area contributed by atoms with Gasteiger partial charge in [0.05, 0.1) is 12.5 Å². The Morgan fingerprint density at radius 3 is 1.85 bits per heavy atom. The summed E-state index contributed by atoms with van der Waals surface area (Å²) in [5.74, 6) is -5.88. The molecule has 0 atom stereocenters. The van der Waals surface area contributed by atoms with E-state index in [4.69, 9.17) is 9.47 Å². The summed E-state index contributed by atoms with van der Waals surface area (Å²) in [5, 5.41) is 0. The van der Waals surface area contributed by atoms with E-state index < -0.39 is 40.9 Å². The molecule has 0 aliphatic heterocycles. The Kier molecular flexibility index (Phi) is 7.79. The number of rotatable bonds is 6. The lowest BCUT2D eigenvalue weighted by Gasteiger charge is -2.28. The molecule has 0 aromatic heterocycles. The van der Waals surface area contributed by atoms with E-state index >= 15 is 0 Å². The molecule has 0 N–H and O–H groups in total. The van der Waals surface area contributed by atoms with Gasteiger partial charge < -0.3 is 9.47 Å². The molecule has 0 radical (unpaired) electrons. The Hall–Kier alpha value is -2.57. The van der Waals surface area contributed by atoms with Crippen LogP contribution in [-0.4, -0.2) is 12.6 Å². The van der Waals surface area contributed by atoms with Crippen LogP contribution in [0.4, 0.5) is 17.6 Å². The zero-order chi connectivity index (χ0) is 24.2. The molecule has 0 spiro atoms. The van der Waals surface area contributed by atoms with Gasteiger partial charge in [0, 0.05) is 0 Å². The second-order valence-electron chi connectivity index (χ2n) is 9.30. The molecule has 0 amide bonds. The van der Waals surface area contributed by atoms with E-state index in [2.05, 4.69) is 0 Å². The molecule has 2 aliphatic rings. The van der Waals surface area contributed by atoms with Crippen molar-refractivity contribution in [2.24, 2.45) is 5.92 Å². The molecule has 0 heterocycles. The quantitative estimate of drug-likeness (QED) is 0.244. The average molecular weight is 479 g/mol. The van der Waals surface area contributed by atoms with Crippen molar-refractivity contribution in [1.82, 2.24) is 0 Å². The maximum atomic E-state index is 14.7. The van der Waals surface area contributed by atoms with Crippen molar-refractivity contribution in [2.45, 2.75) is 76.5 Å². The van der Waals surface area contributed by atoms with Crippen molar-refractivity contribution in [1.29, 1.82) is 0 Å². The number of carbonyl (C=O) groups is 1. The van der Waals surface area contributed by atoms with E-state index in [-0.39, 0.29) is 29.8 Å². The SMILES string of the molecule is CCOc1ccc(C2CCC(C(=O)Oc3ccc(C4CCCCC4)c(F)c3F)CC2)c(F)c1F. The summed E-state index contributed by atoms with van der Waals surface area (Å²) in [6.45, 7) is 1.92. The highest BCUT2D eigenvalue weighted by atomic mass is 19.2. The minimum absolute atomic E-state index is 0.00360. The molecule has 2 aliphatic carbocycles. The monoisotopic (exact) mass is 478 g/mol. The maximum Gasteiger partial charge on any atom is 0.314 e. The predicted molar refractivity (Wildman–Crippen MR) is 120 cm³/mol. The highest BCUT2D eigenvalue weighted by Gasteiger charge is 2.32. The second-order valence-corrected chi connectivity index (χ2v) is 9.30. The molecule has 0 saturated heterocycles. The van der Waals surface area contributed by atoms with E-state index in [0.717, 1.165) is 32.1 Å². The van der Waals surface area contributed by atoms with E-state index in [9.17, 15) is 22.4 Å². The molecule has 0 unspecified atom stereocenters. The van der Waals surface area contributed by atoms with Crippen LogP contribution in [0.2, 0.25) is 0 Å². The van der Waals surface area contributed by atoms with Crippen molar-refractivity contribution in [3.8, 4) is 11.5 Å². The predicted octanol–water partition coefficient (Wildman–Crippen LogP) is 7.57. The Morgan fingerprint density at radius 1 is 0.735 bits per heavy atom. The van der Waals surface area contributed by atoms with E-state index in [1.54, 1.807) is 6.92 Å². The number of esters is 1. The van der Waals surface area contributed by atoms with Crippen LogP contribution in [0.5, 0.6) is 11.5 Å². The summed E-state index contributed by atoms with van der Waals surface area (Å²) in [4.78, 5) is 12.6. The van der Waals surface area contributed by atoms with Gasteiger partial charge in [-0.3, -0.25) is 4.79 Å². The number of hydrogen-bond acceptors (Lipinski definition) is 3. The van der Waals surface area contributed by atoms with Crippen LogP contribution in [0, 0.1) is 29.2 Å². The van der Waals surface area contributed by atoms with E-state index in [1.165, 1.54) is 24.3 Å². The molecule has 2 aromatic rings. The Bertz CT molecular complexity index is 1030. The smallest absolute Gasteiger partial charge is 0.314 e. The maximum absolute atomic E-state index is 14.7. The fourth-order valence-corrected chi connectivity index (χ4v) is 5.32. The number of ether oxygens (including phenoxy) is 2. The highest BCUT2D eigenvalue weighted by molar-refractivity contribution is 5.75. The highest BCUT2D eigenvalue weighted by Crippen LogP contribution is 2.40. The van der Waals surface area contributed by atoms with Crippen molar-refractivity contribution in [3.05, 3.63) is 58.7 Å². The number of halogens is 4. The minimum atomic E-state index is -1.13. The molecule has 0 bridgehead atoms. The Labute approximate surface area is 197 Å². The van der Waals surface area contributed by atoms with Crippen molar-refractivity contribution < 1.29 is 31.8 Å². The van der Waals surface area contributed by atoms with Crippen LogP contribution in [0.3, 0.4) is 0 Å². The Balaban J connectivity index is 1.38. The molecular weight excluding hydrogens is 448 g/mol. The number of hydrogen-bond donors (Lipinski definition) is 0. The first-order chi connectivity index (χ1) is 16.4. The van der Waals surface area contributed by atoms with Crippen LogP contribution in [0.1, 0.15) is 87.7 Å². The molecule has 34 heavy (non-hydrogen) atoms. The first-order valence-electron chi connectivity index (χ1n) is 12.2. The molecule has 184 valence electrons. The summed E-state index contributed by atoms with van der Waals surface area (Å²) in [6.07, 6.45) is 6.47. The van der Waals surface area contributed by atoms with Gasteiger partial charge in [-0.15, -0.1) is 0 Å². The lowest BCUT2D eigenvalue weighted by Crippen LogP contribution is -2.26. The van der Waals surface area contributed by atoms with Crippen molar-refractivity contribution in [3.63, 3.8) is 0 Å². The molecule has 4 rings (SSSR count). The summed E-state index contributed by atoms with van der Waals surface area (Å²) in [7, 11) is 0. The number of carbonyl (C=O) groups excluding carboxylic acids is 1. The van der Waals surface area contributed by atoms with Gasteiger partial charge in [0.15, 0.2) is 23.1 Å². The van der Waals surface area contributed by atoms with Gasteiger partial charge in [0.2, 0.25) is 11.6 Å². The molecule has 3 nitrogen and oxygen atoms in total. The second kappa shape index (κ2) is 10.8. The van der Waals surface area contributed by atoms with Gasteiger partial charge in [-0.2, -0.15) is 8.78 Å². The van der Waals surface area contributed by atoms with Crippen LogP contribution in [-0.2, 0) is 4.79 Å². The summed E-state index contributed by atoms with van der Waals surface area (Å²) in [5.41, 5.74) is 0.612. The third-order valence-electron chi connectivity index (χ3n) is 7.21. The van der Waals surface area contributed by atoms with Crippen LogP contribution >= 0.6 is 0 Å². The largest absolute Gasteiger partial charge is 0.491 e. The molecule has 2 fully saturated rings. The molecule has 2 saturated carbocycles. The van der Waals surface area contributed by atoms with Crippen molar-refractivity contribution in [2.75, 3.05) is 6.61 Å². The van der Waals surface area contributed by atoms with E-state index in [0.29, 0.717) is 31.2 Å². The third kappa shape index (κ3) is 5.08. The van der Waals surface area contributed by atoms with Gasteiger partial charge in [-0.1, -0.05) is 31.4 Å². The standard InChI is InChI=1S/C27H30F4O3/c1-2-33-21-14-12-20(23(28)25(21)30)17-8-10-18(11-9-17)27(32)34-22-15-13-19(24(29)26(22)31)16-6-4-3-5-7-16/h12-18H,2-11H2,1H3. The van der Waals surface area contributed by atoms with E-state index in [1.807, 2.05) is 0 Å². The summed E-state index contributed by atoms with van der Waals surface area (Å²) in [6, 6.07) is 5.81.